The van der Waals surface area contributed by atoms with Crippen LogP contribution in [0.4, 0.5) is 0 Å². The van der Waals surface area contributed by atoms with Gasteiger partial charge in [-0.05, 0) is 0 Å². The molecule has 4 nitrogen and oxygen atoms in total. The minimum Gasteiger partial charge on any atom is -0.384 e. The molecule has 0 fully saturated rings. The lowest BCUT2D eigenvalue weighted by molar-refractivity contribution is -0.125. The van der Waals surface area contributed by atoms with Gasteiger partial charge in [0, 0.05) is 0 Å². The third-order valence-electron chi connectivity index (χ3n) is 0.511. The maximum atomic E-state index is 10.1. The molecule has 1 rings (SSSR count). The Morgan fingerprint density at radius 1 is 1.86 bits per heavy atom. The standard InChI is InChI=1S/C3H3N2O2/c6-3-1-7-5-2-4-3/h2H,1H2. The Hall–Kier alpha value is -1.06. The van der Waals surface area contributed by atoms with Gasteiger partial charge in [0.15, 0.2) is 12.9 Å². The molecule has 0 unspecified atom stereocenters. The molecular formula is C3H3N2O2. The molecule has 0 aromatic rings. The van der Waals surface area contributed by atoms with E-state index >= 15 is 0 Å². The van der Waals surface area contributed by atoms with E-state index in [1.54, 1.807) is 0 Å². The largest absolute Gasteiger partial charge is 0.384 e. The monoisotopic (exact) mass is 99.0 g/mol. The Morgan fingerprint density at radius 3 is 3.00 bits per heavy atom. The summed E-state index contributed by atoms with van der Waals surface area (Å²) in [5.41, 5.74) is 0. The van der Waals surface area contributed by atoms with Gasteiger partial charge in [-0.2, -0.15) is 5.32 Å². The maximum absolute atomic E-state index is 10.1. The molecule has 0 atom stereocenters. The van der Waals surface area contributed by atoms with Gasteiger partial charge in [-0.25, -0.2) is 0 Å². The molecule has 1 aliphatic rings. The summed E-state index contributed by atoms with van der Waals surface area (Å²) in [6.45, 7) is -0.0174. The minimum atomic E-state index is -0.282. The van der Waals surface area contributed by atoms with Gasteiger partial charge < -0.3 is 4.84 Å². The first-order valence-corrected chi connectivity index (χ1v) is 1.77. The Bertz CT molecular complexity index is 110. The summed E-state index contributed by atoms with van der Waals surface area (Å²) < 4.78 is 0. The van der Waals surface area contributed by atoms with Crippen LogP contribution in [-0.2, 0) is 9.63 Å². The summed E-state index contributed by atoms with van der Waals surface area (Å²) in [5, 5.41) is 6.49. The van der Waals surface area contributed by atoms with E-state index in [4.69, 9.17) is 0 Å². The lowest BCUT2D eigenvalue weighted by Crippen LogP contribution is -2.22. The van der Waals surface area contributed by atoms with E-state index in [0.29, 0.717) is 0 Å². The predicted octanol–water partition coefficient (Wildman–Crippen LogP) is -0.909. The summed E-state index contributed by atoms with van der Waals surface area (Å²) in [7, 11) is 0. The molecule has 1 amide bonds. The van der Waals surface area contributed by atoms with Crippen LogP contribution in [0.2, 0.25) is 0 Å². The molecule has 0 aliphatic carbocycles. The van der Waals surface area contributed by atoms with Crippen LogP contribution in [0.5, 0.6) is 0 Å². The second-order valence-corrected chi connectivity index (χ2v) is 1.02. The highest BCUT2D eigenvalue weighted by Gasteiger charge is 2.03. The Labute approximate surface area is 40.1 Å². The third kappa shape index (κ3) is 0.887. The number of carbonyl (C=O) groups excluding carboxylic acids is 1. The lowest BCUT2D eigenvalue weighted by Gasteiger charge is -1.98. The minimum absolute atomic E-state index is 0.0174. The number of carbonyl (C=O) groups is 1. The van der Waals surface area contributed by atoms with E-state index in [1.165, 1.54) is 0 Å². The summed E-state index contributed by atoms with van der Waals surface area (Å²) in [6, 6.07) is 0. The molecule has 4 heteroatoms. The molecule has 0 aromatic carbocycles. The molecule has 1 aliphatic heterocycles. The van der Waals surface area contributed by atoms with Crippen LogP contribution in [-0.4, -0.2) is 18.9 Å². The van der Waals surface area contributed by atoms with Crippen LogP contribution in [0.15, 0.2) is 5.16 Å². The number of nitrogens with zero attached hydrogens (tertiary/aromatic N) is 2. The molecule has 0 saturated heterocycles. The van der Waals surface area contributed by atoms with Gasteiger partial charge in [0.2, 0.25) is 0 Å². The zero-order valence-corrected chi connectivity index (χ0v) is 3.50. The fraction of sp³-hybridized carbons (Fsp3) is 0.333. The van der Waals surface area contributed by atoms with Gasteiger partial charge in [0.25, 0.3) is 5.91 Å². The first kappa shape index (κ1) is 4.11. The van der Waals surface area contributed by atoms with Crippen LogP contribution in [0.3, 0.4) is 0 Å². The second-order valence-electron chi connectivity index (χ2n) is 1.02. The normalized spacial score (nSPS) is 18.0. The Morgan fingerprint density at radius 2 is 2.71 bits per heavy atom. The Balaban J connectivity index is 2.47. The van der Waals surface area contributed by atoms with Crippen LogP contribution in [0, 0.1) is 0 Å². The molecule has 0 N–H and O–H groups in total. The average Bonchev–Trinajstić information content (AvgIpc) is 1.69. The van der Waals surface area contributed by atoms with Crippen molar-refractivity contribution >= 4 is 12.2 Å². The van der Waals surface area contributed by atoms with E-state index in [9.17, 15) is 4.79 Å². The smallest absolute Gasteiger partial charge is 0.287 e. The van der Waals surface area contributed by atoms with Crippen molar-refractivity contribution in [3.8, 4) is 0 Å². The van der Waals surface area contributed by atoms with Gasteiger partial charge in [0.1, 0.15) is 0 Å². The molecular weight excluding hydrogens is 96.0 g/mol. The topological polar surface area (TPSA) is 52.8 Å². The van der Waals surface area contributed by atoms with Crippen LogP contribution < -0.4 is 5.32 Å². The van der Waals surface area contributed by atoms with Gasteiger partial charge in [-0.15, -0.1) is 0 Å². The molecule has 37 valence electrons. The first-order valence-electron chi connectivity index (χ1n) is 1.77. The van der Waals surface area contributed by atoms with Crippen LogP contribution >= 0.6 is 0 Å². The summed E-state index contributed by atoms with van der Waals surface area (Å²) in [5.74, 6) is -0.282. The highest BCUT2D eigenvalue weighted by Crippen LogP contribution is 1.79. The highest BCUT2D eigenvalue weighted by molar-refractivity contribution is 5.88. The van der Waals surface area contributed by atoms with E-state index < -0.39 is 0 Å². The van der Waals surface area contributed by atoms with Gasteiger partial charge in [-0.3, -0.25) is 4.79 Å². The maximum Gasteiger partial charge on any atom is 0.287 e. The van der Waals surface area contributed by atoms with E-state index in [1.807, 2.05) is 0 Å². The fourth-order valence-corrected chi connectivity index (χ4v) is 0.251. The molecule has 0 aromatic heterocycles. The van der Waals surface area contributed by atoms with Gasteiger partial charge >= 0.3 is 0 Å². The zero-order chi connectivity index (χ0) is 5.11. The average molecular weight is 99.1 g/mol. The van der Waals surface area contributed by atoms with Crippen molar-refractivity contribution in [3.05, 3.63) is 0 Å². The second kappa shape index (κ2) is 1.59. The molecule has 0 saturated carbocycles. The van der Waals surface area contributed by atoms with Crippen LogP contribution in [0.1, 0.15) is 0 Å². The van der Waals surface area contributed by atoms with Gasteiger partial charge in [-0.1, -0.05) is 5.16 Å². The van der Waals surface area contributed by atoms with Crippen LogP contribution in [0.25, 0.3) is 0 Å². The molecule has 1 heterocycles. The van der Waals surface area contributed by atoms with Crippen molar-refractivity contribution in [2.75, 3.05) is 6.61 Å². The number of amides is 1. The zero-order valence-electron chi connectivity index (χ0n) is 3.50. The quantitative estimate of drug-likeness (QED) is 0.394. The molecule has 7 heavy (non-hydrogen) atoms. The van der Waals surface area contributed by atoms with E-state index in [2.05, 4.69) is 15.3 Å². The van der Waals surface area contributed by atoms with Crippen molar-refractivity contribution in [2.45, 2.75) is 0 Å². The summed E-state index contributed by atoms with van der Waals surface area (Å²) in [4.78, 5) is 14.4. The predicted molar refractivity (Wildman–Crippen MR) is 21.6 cm³/mol. The lowest BCUT2D eigenvalue weighted by atomic mass is 10.6. The number of hydrogen-bond donors (Lipinski definition) is 0. The van der Waals surface area contributed by atoms with Crippen molar-refractivity contribution in [1.29, 1.82) is 0 Å². The molecule has 0 bridgehead atoms. The first-order chi connectivity index (χ1) is 3.39. The SMILES string of the molecule is O=C1CON=C[N]1. The Kier molecular flexibility index (Phi) is 0.934. The highest BCUT2D eigenvalue weighted by atomic mass is 16.6. The van der Waals surface area contributed by atoms with Crippen molar-refractivity contribution in [1.82, 2.24) is 5.32 Å². The van der Waals surface area contributed by atoms with E-state index in [0.717, 1.165) is 6.34 Å². The molecule has 1 radical (unpaired) electrons. The third-order valence-corrected chi connectivity index (χ3v) is 0.511. The number of hydrogen-bond acceptors (Lipinski definition) is 3. The van der Waals surface area contributed by atoms with Crippen molar-refractivity contribution < 1.29 is 9.63 Å². The number of rotatable bonds is 0. The molecule has 0 spiro atoms. The van der Waals surface area contributed by atoms with E-state index in [-0.39, 0.29) is 12.5 Å². The van der Waals surface area contributed by atoms with Gasteiger partial charge in [0.05, 0.1) is 0 Å². The number of oxime groups is 1. The fourth-order valence-electron chi connectivity index (χ4n) is 0.251. The van der Waals surface area contributed by atoms with Crippen molar-refractivity contribution in [3.63, 3.8) is 0 Å². The summed E-state index contributed by atoms with van der Waals surface area (Å²) in [6.07, 6.45) is 1.09. The van der Waals surface area contributed by atoms with Crippen molar-refractivity contribution in [2.24, 2.45) is 5.16 Å². The summed E-state index contributed by atoms with van der Waals surface area (Å²) >= 11 is 0.